The molecule has 0 amide bonds. The zero-order chi connectivity index (χ0) is 27.4. The highest BCUT2D eigenvalue weighted by atomic mass is 32.2. The summed E-state index contributed by atoms with van der Waals surface area (Å²) in [5.41, 5.74) is 3.04. The van der Waals surface area contributed by atoms with Crippen molar-refractivity contribution in [3.8, 4) is 0 Å². The third-order valence-corrected chi connectivity index (χ3v) is 8.52. The van der Waals surface area contributed by atoms with E-state index in [2.05, 4.69) is 55.6 Å². The fraction of sp³-hybridized carbons (Fsp3) is 0.357. The van der Waals surface area contributed by atoms with E-state index in [9.17, 15) is 13.5 Å². The lowest BCUT2D eigenvalue weighted by atomic mass is 10.0. The zero-order valence-electron chi connectivity index (χ0n) is 22.3. The molecule has 9 nitrogen and oxygen atoms in total. The number of fused-ring (bicyclic) bond motifs is 3. The lowest BCUT2D eigenvalue weighted by molar-refractivity contribution is 0.174. The number of likely N-dealkylation sites (tertiary alicyclic amines) is 1. The topological polar surface area (TPSA) is 98.2 Å². The van der Waals surface area contributed by atoms with Gasteiger partial charge in [0, 0.05) is 56.7 Å². The van der Waals surface area contributed by atoms with Crippen LogP contribution in [-0.4, -0.2) is 54.6 Å². The molecule has 202 valence electrons. The minimum atomic E-state index is -3.90. The zero-order valence-corrected chi connectivity index (χ0v) is 23.1. The van der Waals surface area contributed by atoms with Crippen LogP contribution >= 0.6 is 0 Å². The SMILES string of the molecule is C=C/C=C(\C=C)S(=O)(=O)n1ccc2c1ncc1nc(CO)n(C3CCN(Cc4ccn(C)c4)CC3)c12.CC. The molecule has 0 radical (unpaired) electrons. The summed E-state index contributed by atoms with van der Waals surface area (Å²) in [6.07, 6.45) is 13.2. The van der Waals surface area contributed by atoms with Gasteiger partial charge in [0.25, 0.3) is 10.0 Å². The maximum Gasteiger partial charge on any atom is 0.269 e. The Hall–Kier alpha value is -3.47. The van der Waals surface area contributed by atoms with Gasteiger partial charge in [-0.25, -0.2) is 22.4 Å². The number of hydrogen-bond acceptors (Lipinski definition) is 6. The highest BCUT2D eigenvalue weighted by Gasteiger charge is 2.27. The summed E-state index contributed by atoms with van der Waals surface area (Å²) in [5.74, 6) is 0.565. The largest absolute Gasteiger partial charge is 0.388 e. The molecule has 0 atom stereocenters. The van der Waals surface area contributed by atoms with Gasteiger partial charge in [-0.1, -0.05) is 33.1 Å². The number of aliphatic hydroxyl groups is 1. The molecule has 1 fully saturated rings. The Morgan fingerprint density at radius 2 is 1.92 bits per heavy atom. The highest BCUT2D eigenvalue weighted by molar-refractivity contribution is 7.94. The normalized spacial score (nSPS) is 15.5. The van der Waals surface area contributed by atoms with E-state index in [-0.39, 0.29) is 17.6 Å². The van der Waals surface area contributed by atoms with E-state index in [1.165, 1.54) is 30.0 Å². The van der Waals surface area contributed by atoms with Crippen molar-refractivity contribution in [2.75, 3.05) is 13.1 Å². The van der Waals surface area contributed by atoms with E-state index in [1.807, 2.05) is 20.9 Å². The molecule has 38 heavy (non-hydrogen) atoms. The fourth-order valence-electron chi connectivity index (χ4n) is 5.13. The third-order valence-electron chi connectivity index (χ3n) is 6.80. The minimum Gasteiger partial charge on any atom is -0.388 e. The van der Waals surface area contributed by atoms with Crippen LogP contribution in [0.3, 0.4) is 0 Å². The van der Waals surface area contributed by atoms with Crippen LogP contribution in [0.2, 0.25) is 0 Å². The molecule has 1 N–H and O–H groups in total. The molecular formula is C28H36N6O3S. The minimum absolute atomic E-state index is 0.0345. The summed E-state index contributed by atoms with van der Waals surface area (Å²) < 4.78 is 31.8. The number of nitrogens with zero attached hydrogens (tertiary/aromatic N) is 6. The van der Waals surface area contributed by atoms with E-state index < -0.39 is 10.0 Å². The summed E-state index contributed by atoms with van der Waals surface area (Å²) in [4.78, 5) is 11.5. The van der Waals surface area contributed by atoms with Gasteiger partial charge in [0.05, 0.1) is 16.6 Å². The van der Waals surface area contributed by atoms with Crippen molar-refractivity contribution in [3.63, 3.8) is 0 Å². The number of allylic oxidation sites excluding steroid dienone is 3. The Morgan fingerprint density at radius 1 is 1.18 bits per heavy atom. The molecule has 0 aromatic carbocycles. The first-order valence-electron chi connectivity index (χ1n) is 12.9. The molecule has 5 rings (SSSR count). The van der Waals surface area contributed by atoms with Crippen molar-refractivity contribution < 1.29 is 13.5 Å². The van der Waals surface area contributed by atoms with Gasteiger partial charge in [-0.05, 0) is 42.7 Å². The van der Waals surface area contributed by atoms with Crippen LogP contribution in [0, 0.1) is 0 Å². The summed E-state index contributed by atoms with van der Waals surface area (Å²) in [5, 5.41) is 10.8. The molecule has 0 unspecified atom stereocenters. The van der Waals surface area contributed by atoms with Crippen LogP contribution in [0.1, 0.15) is 44.1 Å². The number of piperidine rings is 1. The lowest BCUT2D eigenvalue weighted by Crippen LogP contribution is -2.34. The van der Waals surface area contributed by atoms with Crippen molar-refractivity contribution in [3.05, 3.63) is 84.6 Å². The summed E-state index contributed by atoms with van der Waals surface area (Å²) in [6, 6.07) is 4.03. The molecular weight excluding hydrogens is 500 g/mol. The van der Waals surface area contributed by atoms with Crippen molar-refractivity contribution >= 4 is 32.1 Å². The Kier molecular flexibility index (Phi) is 8.35. The van der Waals surface area contributed by atoms with Gasteiger partial charge >= 0.3 is 0 Å². The maximum absolute atomic E-state index is 13.3. The van der Waals surface area contributed by atoms with Crippen molar-refractivity contribution in [1.29, 1.82) is 0 Å². The van der Waals surface area contributed by atoms with Crippen LogP contribution < -0.4 is 0 Å². The molecule has 0 bridgehead atoms. The molecule has 0 saturated carbocycles. The number of rotatable bonds is 8. The van der Waals surface area contributed by atoms with Crippen molar-refractivity contribution in [1.82, 2.24) is 28.0 Å². The lowest BCUT2D eigenvalue weighted by Gasteiger charge is -2.33. The molecule has 4 aromatic heterocycles. The van der Waals surface area contributed by atoms with Crippen LogP contribution in [0.4, 0.5) is 0 Å². The number of hydrogen-bond donors (Lipinski definition) is 1. The maximum atomic E-state index is 13.3. The standard InChI is InChI=1S/C26H30N6O3S.C2H6/c1-4-6-21(5-2)36(34,35)31-14-10-22-25-23(15-27-26(22)31)28-24(18-33)32(25)20-8-12-30(13-9-20)17-19-7-11-29(3)16-19;1-2/h4-7,10-11,14-16,20,33H,1-2,8-9,12-13,17-18H2,3H3;1-2H3/b21-6+;. The number of aryl methyl sites for hydroxylation is 1. The van der Waals surface area contributed by atoms with Gasteiger partial charge in [0.15, 0.2) is 5.65 Å². The van der Waals surface area contributed by atoms with Gasteiger partial charge in [-0.2, -0.15) is 0 Å². The Balaban J connectivity index is 0.00000164. The fourth-order valence-corrected chi connectivity index (χ4v) is 6.43. The van der Waals surface area contributed by atoms with E-state index in [4.69, 9.17) is 0 Å². The van der Waals surface area contributed by atoms with Crippen LogP contribution in [0.5, 0.6) is 0 Å². The average molecular weight is 537 g/mol. The second-order valence-electron chi connectivity index (χ2n) is 9.10. The van der Waals surface area contributed by atoms with Crippen molar-refractivity contribution in [2.45, 2.75) is 45.9 Å². The monoisotopic (exact) mass is 536 g/mol. The number of pyridine rings is 1. The summed E-state index contributed by atoms with van der Waals surface area (Å²) in [6.45, 7) is 13.8. The van der Waals surface area contributed by atoms with Gasteiger partial charge in [-0.3, -0.25) is 4.90 Å². The molecule has 4 aromatic rings. The molecule has 0 spiro atoms. The number of aromatic nitrogens is 5. The number of imidazole rings is 1. The quantitative estimate of drug-likeness (QED) is 0.333. The second-order valence-corrected chi connectivity index (χ2v) is 10.9. The number of aliphatic hydroxyl groups excluding tert-OH is 1. The first-order chi connectivity index (χ1) is 18.4. The predicted octanol–water partition coefficient (Wildman–Crippen LogP) is 4.51. The van der Waals surface area contributed by atoms with E-state index in [0.717, 1.165) is 42.0 Å². The Morgan fingerprint density at radius 3 is 2.53 bits per heavy atom. The van der Waals surface area contributed by atoms with Gasteiger partial charge in [-0.15, -0.1) is 0 Å². The highest BCUT2D eigenvalue weighted by Crippen LogP contribution is 2.34. The Bertz CT molecular complexity index is 1580. The Labute approximate surface area is 224 Å². The van der Waals surface area contributed by atoms with E-state index in [0.29, 0.717) is 22.4 Å². The summed E-state index contributed by atoms with van der Waals surface area (Å²) >= 11 is 0. The third kappa shape index (κ3) is 4.99. The summed E-state index contributed by atoms with van der Waals surface area (Å²) in [7, 11) is -1.87. The van der Waals surface area contributed by atoms with Crippen molar-refractivity contribution in [2.24, 2.45) is 7.05 Å². The molecule has 0 aliphatic carbocycles. The first kappa shape index (κ1) is 27.6. The van der Waals surface area contributed by atoms with Crippen LogP contribution in [-0.2, 0) is 30.2 Å². The van der Waals surface area contributed by atoms with Gasteiger partial charge in [0.1, 0.15) is 17.9 Å². The molecule has 5 heterocycles. The molecule has 1 aliphatic rings. The van der Waals surface area contributed by atoms with Crippen LogP contribution in [0.25, 0.3) is 22.1 Å². The van der Waals surface area contributed by atoms with E-state index >= 15 is 0 Å². The van der Waals surface area contributed by atoms with Gasteiger partial charge in [0.2, 0.25) is 0 Å². The molecule has 1 aliphatic heterocycles. The average Bonchev–Trinajstić information content (AvgIpc) is 3.64. The van der Waals surface area contributed by atoms with Gasteiger partial charge < -0.3 is 14.2 Å². The van der Waals surface area contributed by atoms with Crippen LogP contribution in [0.15, 0.2) is 73.2 Å². The molecule has 1 saturated heterocycles. The first-order valence-corrected chi connectivity index (χ1v) is 14.3. The molecule has 10 heteroatoms. The predicted molar refractivity (Wildman–Crippen MR) is 152 cm³/mol. The van der Waals surface area contributed by atoms with E-state index in [1.54, 1.807) is 12.3 Å². The smallest absolute Gasteiger partial charge is 0.269 e. The second kappa shape index (κ2) is 11.5.